The molecule has 1 aliphatic rings. The van der Waals surface area contributed by atoms with Gasteiger partial charge in [0.15, 0.2) is 0 Å². The van der Waals surface area contributed by atoms with Crippen LogP contribution in [0.2, 0.25) is 0 Å². The highest BCUT2D eigenvalue weighted by Crippen LogP contribution is 2.23. The Morgan fingerprint density at radius 3 is 2.75 bits per heavy atom. The van der Waals surface area contributed by atoms with Gasteiger partial charge in [-0.25, -0.2) is 4.98 Å². The number of fused-ring (bicyclic) bond motifs is 1. The molecular formula is C18H24N4O2. The first-order valence-electron chi connectivity index (χ1n) is 8.65. The fraction of sp³-hybridized carbons (Fsp3) is 0.500. The molecule has 1 fully saturated rings. The fourth-order valence-corrected chi connectivity index (χ4v) is 3.21. The molecule has 1 aromatic heterocycles. The zero-order chi connectivity index (χ0) is 16.9. The van der Waals surface area contributed by atoms with Gasteiger partial charge in [-0.1, -0.05) is 31.4 Å². The van der Waals surface area contributed by atoms with Crippen LogP contribution < -0.4 is 10.6 Å². The summed E-state index contributed by atoms with van der Waals surface area (Å²) >= 11 is 0. The third kappa shape index (κ3) is 3.93. The highest BCUT2D eigenvalue weighted by atomic mass is 16.2. The predicted octanol–water partition coefficient (Wildman–Crippen LogP) is 2.44. The lowest BCUT2D eigenvalue weighted by Crippen LogP contribution is -2.40. The molecule has 1 aliphatic carbocycles. The van der Waals surface area contributed by atoms with Crippen LogP contribution >= 0.6 is 0 Å². The Morgan fingerprint density at radius 1 is 1.25 bits per heavy atom. The molecule has 2 aromatic rings. The standard InChI is InChI=1S/C18H24N4O2/c1-12(17-21-14-9-5-6-10-15(14)22-17)20-16(23)11-19-18(24)13-7-3-2-4-8-13/h5-6,9-10,12-13H,2-4,7-8,11H2,1H3,(H,19,24)(H,20,23)(H,21,22)/t12-/m0/s1. The number of aromatic nitrogens is 2. The van der Waals surface area contributed by atoms with Crippen molar-refractivity contribution >= 4 is 22.8 Å². The number of aromatic amines is 1. The van der Waals surface area contributed by atoms with Crippen LogP contribution in [0.3, 0.4) is 0 Å². The molecule has 0 aliphatic heterocycles. The number of imidazole rings is 1. The van der Waals surface area contributed by atoms with Gasteiger partial charge in [0.25, 0.3) is 0 Å². The zero-order valence-corrected chi connectivity index (χ0v) is 14.0. The van der Waals surface area contributed by atoms with Crippen LogP contribution in [-0.2, 0) is 9.59 Å². The maximum absolute atomic E-state index is 12.1. The molecule has 128 valence electrons. The number of amides is 2. The average Bonchev–Trinajstić information content (AvgIpc) is 3.05. The molecule has 0 unspecified atom stereocenters. The highest BCUT2D eigenvalue weighted by Gasteiger charge is 2.21. The Bertz CT molecular complexity index is 686. The van der Waals surface area contributed by atoms with E-state index in [-0.39, 0.29) is 30.3 Å². The number of hydrogen-bond donors (Lipinski definition) is 3. The van der Waals surface area contributed by atoms with E-state index < -0.39 is 0 Å². The molecule has 1 atom stereocenters. The quantitative estimate of drug-likeness (QED) is 0.788. The number of H-pyrrole nitrogens is 1. The molecule has 1 aromatic carbocycles. The molecule has 6 heteroatoms. The van der Waals surface area contributed by atoms with Gasteiger partial charge in [-0.05, 0) is 31.9 Å². The number of carbonyl (C=O) groups excluding carboxylic acids is 2. The van der Waals surface area contributed by atoms with E-state index in [1.165, 1.54) is 6.42 Å². The summed E-state index contributed by atoms with van der Waals surface area (Å²) in [4.78, 5) is 31.8. The van der Waals surface area contributed by atoms with Crippen molar-refractivity contribution in [2.75, 3.05) is 6.54 Å². The second kappa shape index (κ2) is 7.47. The Labute approximate surface area is 141 Å². The van der Waals surface area contributed by atoms with Gasteiger partial charge in [0, 0.05) is 5.92 Å². The number of para-hydroxylation sites is 2. The van der Waals surface area contributed by atoms with Gasteiger partial charge in [0.2, 0.25) is 11.8 Å². The minimum Gasteiger partial charge on any atom is -0.347 e. The van der Waals surface area contributed by atoms with Crippen LogP contribution in [0.5, 0.6) is 0 Å². The molecule has 3 rings (SSSR count). The van der Waals surface area contributed by atoms with Crippen LogP contribution in [0.4, 0.5) is 0 Å². The molecule has 3 N–H and O–H groups in total. The number of rotatable bonds is 5. The summed E-state index contributed by atoms with van der Waals surface area (Å²) in [5.41, 5.74) is 1.82. The minimum atomic E-state index is -0.239. The number of nitrogens with one attached hydrogen (secondary N) is 3. The lowest BCUT2D eigenvalue weighted by Gasteiger charge is -2.20. The van der Waals surface area contributed by atoms with Gasteiger partial charge < -0.3 is 15.6 Å². The van der Waals surface area contributed by atoms with Crippen LogP contribution in [-0.4, -0.2) is 28.3 Å². The first-order valence-corrected chi connectivity index (χ1v) is 8.65. The van der Waals surface area contributed by atoms with Gasteiger partial charge in [0.1, 0.15) is 5.82 Å². The molecule has 1 heterocycles. The summed E-state index contributed by atoms with van der Waals surface area (Å²) in [5.74, 6) is 0.579. The van der Waals surface area contributed by atoms with Crippen molar-refractivity contribution in [3.8, 4) is 0 Å². The van der Waals surface area contributed by atoms with Gasteiger partial charge >= 0.3 is 0 Å². The van der Waals surface area contributed by atoms with E-state index in [0.717, 1.165) is 36.7 Å². The van der Waals surface area contributed by atoms with E-state index in [1.54, 1.807) is 0 Å². The molecule has 2 amide bonds. The number of benzene rings is 1. The van der Waals surface area contributed by atoms with Crippen molar-refractivity contribution in [1.82, 2.24) is 20.6 Å². The van der Waals surface area contributed by atoms with Gasteiger partial charge in [-0.15, -0.1) is 0 Å². The molecule has 0 saturated heterocycles. The van der Waals surface area contributed by atoms with Gasteiger partial charge in [0.05, 0.1) is 23.6 Å². The predicted molar refractivity (Wildman–Crippen MR) is 92.2 cm³/mol. The second-order valence-electron chi connectivity index (χ2n) is 6.48. The van der Waals surface area contributed by atoms with E-state index in [9.17, 15) is 9.59 Å². The SMILES string of the molecule is C[C@H](NC(=O)CNC(=O)C1CCCCC1)c1nc2ccccc2[nH]1. The van der Waals surface area contributed by atoms with E-state index in [2.05, 4.69) is 20.6 Å². The van der Waals surface area contributed by atoms with Gasteiger partial charge in [-0.2, -0.15) is 0 Å². The van der Waals surface area contributed by atoms with Crippen LogP contribution in [0.25, 0.3) is 11.0 Å². The van der Waals surface area contributed by atoms with Crippen molar-refractivity contribution in [3.63, 3.8) is 0 Å². The first kappa shape index (κ1) is 16.5. The summed E-state index contributed by atoms with van der Waals surface area (Å²) in [5, 5.41) is 5.62. The topological polar surface area (TPSA) is 86.9 Å². The smallest absolute Gasteiger partial charge is 0.239 e. The summed E-state index contributed by atoms with van der Waals surface area (Å²) < 4.78 is 0. The Kier molecular flexibility index (Phi) is 5.13. The third-order valence-corrected chi connectivity index (χ3v) is 4.59. The maximum atomic E-state index is 12.1. The van der Waals surface area contributed by atoms with Crippen LogP contribution in [0, 0.1) is 5.92 Å². The molecule has 0 radical (unpaired) electrons. The van der Waals surface area contributed by atoms with E-state index >= 15 is 0 Å². The molecule has 0 spiro atoms. The summed E-state index contributed by atoms with van der Waals surface area (Å²) in [6.07, 6.45) is 5.28. The van der Waals surface area contributed by atoms with Crippen molar-refractivity contribution < 1.29 is 9.59 Å². The van der Waals surface area contributed by atoms with Crippen molar-refractivity contribution in [1.29, 1.82) is 0 Å². The first-order chi connectivity index (χ1) is 11.6. The van der Waals surface area contributed by atoms with E-state index in [1.807, 2.05) is 31.2 Å². The largest absolute Gasteiger partial charge is 0.347 e. The third-order valence-electron chi connectivity index (χ3n) is 4.59. The Balaban J connectivity index is 1.49. The molecule has 6 nitrogen and oxygen atoms in total. The lowest BCUT2D eigenvalue weighted by atomic mass is 9.89. The Morgan fingerprint density at radius 2 is 2.00 bits per heavy atom. The second-order valence-corrected chi connectivity index (χ2v) is 6.48. The maximum Gasteiger partial charge on any atom is 0.239 e. The lowest BCUT2D eigenvalue weighted by molar-refractivity contribution is -0.129. The summed E-state index contributed by atoms with van der Waals surface area (Å²) in [6.45, 7) is 1.89. The molecule has 0 bridgehead atoms. The minimum absolute atomic E-state index is 0.00115. The van der Waals surface area contributed by atoms with Crippen molar-refractivity contribution in [3.05, 3.63) is 30.1 Å². The highest BCUT2D eigenvalue weighted by molar-refractivity contribution is 5.86. The van der Waals surface area contributed by atoms with E-state index in [0.29, 0.717) is 5.82 Å². The molecule has 1 saturated carbocycles. The number of hydrogen-bond acceptors (Lipinski definition) is 3. The number of nitrogens with zero attached hydrogens (tertiary/aromatic N) is 1. The molecular weight excluding hydrogens is 304 g/mol. The van der Waals surface area contributed by atoms with Gasteiger partial charge in [-0.3, -0.25) is 9.59 Å². The zero-order valence-electron chi connectivity index (χ0n) is 14.0. The van der Waals surface area contributed by atoms with Crippen LogP contribution in [0.15, 0.2) is 24.3 Å². The normalized spacial score (nSPS) is 16.7. The number of carbonyl (C=O) groups is 2. The molecule has 24 heavy (non-hydrogen) atoms. The Hall–Kier alpha value is -2.37. The van der Waals surface area contributed by atoms with Crippen molar-refractivity contribution in [2.24, 2.45) is 5.92 Å². The van der Waals surface area contributed by atoms with Crippen LogP contribution in [0.1, 0.15) is 50.9 Å². The average molecular weight is 328 g/mol. The summed E-state index contributed by atoms with van der Waals surface area (Å²) in [6, 6.07) is 7.50. The monoisotopic (exact) mass is 328 g/mol. The summed E-state index contributed by atoms with van der Waals surface area (Å²) in [7, 11) is 0. The van der Waals surface area contributed by atoms with Crippen molar-refractivity contribution in [2.45, 2.75) is 45.1 Å². The fourth-order valence-electron chi connectivity index (χ4n) is 3.21. The van der Waals surface area contributed by atoms with E-state index in [4.69, 9.17) is 0 Å².